The molecule has 3 rings (SSSR count). The summed E-state index contributed by atoms with van der Waals surface area (Å²) in [4.78, 5) is 15.4. The van der Waals surface area contributed by atoms with Crippen molar-refractivity contribution >= 4 is 35.0 Å². The lowest BCUT2D eigenvalue weighted by molar-refractivity contribution is -0.128. The monoisotopic (exact) mass is 418 g/mol. The van der Waals surface area contributed by atoms with E-state index in [0.29, 0.717) is 10.8 Å². The minimum Gasteiger partial charge on any atom is -0.478 e. The maximum absolute atomic E-state index is 12.9. The van der Waals surface area contributed by atoms with Crippen LogP contribution in [0.3, 0.4) is 0 Å². The van der Waals surface area contributed by atoms with Gasteiger partial charge in [0.15, 0.2) is 5.60 Å². The molecular weight excluding hydrogens is 392 g/mol. The van der Waals surface area contributed by atoms with Crippen LogP contribution >= 0.6 is 23.4 Å². The Balaban J connectivity index is 1.68. The average Bonchev–Trinajstić information content (AvgIpc) is 2.67. The van der Waals surface area contributed by atoms with E-state index in [0.717, 1.165) is 30.9 Å². The molecule has 1 N–H and O–H groups in total. The van der Waals surface area contributed by atoms with Crippen LogP contribution in [0, 0.1) is 6.92 Å². The second-order valence-electron chi connectivity index (χ2n) is 7.50. The van der Waals surface area contributed by atoms with Crippen LogP contribution in [0.2, 0.25) is 5.02 Å². The summed E-state index contributed by atoms with van der Waals surface area (Å²) in [6.07, 6.45) is 0. The van der Waals surface area contributed by atoms with Gasteiger partial charge in [0, 0.05) is 41.8 Å². The van der Waals surface area contributed by atoms with Gasteiger partial charge in [-0.05, 0) is 62.2 Å². The number of nitrogens with one attached hydrogen (secondary N) is 1. The van der Waals surface area contributed by atoms with Gasteiger partial charge < -0.3 is 10.1 Å². The SMILES string of the molecule is Cc1c(CN2CCSCC2)cccc1NC(=O)C(C)(C)Oc1ccc(Cl)cc1. The van der Waals surface area contributed by atoms with Crippen LogP contribution in [-0.4, -0.2) is 41.0 Å². The van der Waals surface area contributed by atoms with Crippen molar-refractivity contribution in [1.29, 1.82) is 0 Å². The number of anilines is 1. The third kappa shape index (κ3) is 5.43. The Bertz CT molecular complexity index is 818. The topological polar surface area (TPSA) is 41.6 Å². The first-order valence-electron chi connectivity index (χ1n) is 9.50. The Morgan fingerprint density at radius 1 is 1.18 bits per heavy atom. The third-order valence-corrected chi connectivity index (χ3v) is 6.12. The fourth-order valence-electron chi connectivity index (χ4n) is 3.11. The molecule has 0 atom stereocenters. The number of hydrogen-bond donors (Lipinski definition) is 1. The molecule has 1 aliphatic rings. The quantitative estimate of drug-likeness (QED) is 0.717. The van der Waals surface area contributed by atoms with E-state index in [1.165, 1.54) is 17.1 Å². The lowest BCUT2D eigenvalue weighted by Crippen LogP contribution is -2.42. The summed E-state index contributed by atoms with van der Waals surface area (Å²) in [5.41, 5.74) is 2.18. The van der Waals surface area contributed by atoms with Gasteiger partial charge in [-0.2, -0.15) is 11.8 Å². The van der Waals surface area contributed by atoms with Crippen LogP contribution in [0.4, 0.5) is 5.69 Å². The average molecular weight is 419 g/mol. The Morgan fingerprint density at radius 2 is 1.86 bits per heavy atom. The van der Waals surface area contributed by atoms with Crippen molar-refractivity contribution in [2.75, 3.05) is 29.9 Å². The molecule has 6 heteroatoms. The molecular formula is C22H27ClN2O2S. The first-order chi connectivity index (χ1) is 13.3. The standard InChI is InChI=1S/C22H27ClN2O2S/c1-16-17(15-25-11-13-28-14-12-25)5-4-6-20(16)24-21(26)22(2,3)27-19-9-7-18(23)8-10-19/h4-10H,11-15H2,1-3H3,(H,24,26). The molecule has 1 amide bonds. The molecule has 1 saturated heterocycles. The van der Waals surface area contributed by atoms with Gasteiger partial charge in [-0.15, -0.1) is 0 Å². The Kier molecular flexibility index (Phi) is 6.91. The highest BCUT2D eigenvalue weighted by Gasteiger charge is 2.30. The fraction of sp³-hybridized carbons (Fsp3) is 0.409. The molecule has 1 heterocycles. The maximum atomic E-state index is 12.9. The number of nitrogens with zero attached hydrogens (tertiary/aromatic N) is 1. The van der Waals surface area contributed by atoms with Crippen molar-refractivity contribution in [2.24, 2.45) is 0 Å². The summed E-state index contributed by atoms with van der Waals surface area (Å²) in [6.45, 7) is 8.74. The number of ether oxygens (including phenoxy) is 1. The largest absolute Gasteiger partial charge is 0.478 e. The number of benzene rings is 2. The van der Waals surface area contributed by atoms with Gasteiger partial charge >= 0.3 is 0 Å². The number of halogens is 1. The summed E-state index contributed by atoms with van der Waals surface area (Å²) in [5.74, 6) is 2.80. The predicted molar refractivity (Wildman–Crippen MR) is 119 cm³/mol. The van der Waals surface area contributed by atoms with Crippen LogP contribution in [0.15, 0.2) is 42.5 Å². The van der Waals surface area contributed by atoms with E-state index in [4.69, 9.17) is 16.3 Å². The lowest BCUT2D eigenvalue weighted by atomic mass is 10.0. The molecule has 0 saturated carbocycles. The summed E-state index contributed by atoms with van der Waals surface area (Å²) in [6, 6.07) is 13.1. The van der Waals surface area contributed by atoms with Crippen molar-refractivity contribution in [3.8, 4) is 5.75 Å². The highest BCUT2D eigenvalue weighted by Crippen LogP contribution is 2.25. The smallest absolute Gasteiger partial charge is 0.267 e. The number of rotatable bonds is 6. The summed E-state index contributed by atoms with van der Waals surface area (Å²) >= 11 is 7.92. The molecule has 2 aromatic rings. The van der Waals surface area contributed by atoms with Gasteiger partial charge in [-0.1, -0.05) is 23.7 Å². The minimum atomic E-state index is -1.01. The Labute approximate surface area is 176 Å². The van der Waals surface area contributed by atoms with E-state index in [1.54, 1.807) is 38.1 Å². The van der Waals surface area contributed by atoms with Crippen molar-refractivity contribution < 1.29 is 9.53 Å². The van der Waals surface area contributed by atoms with Gasteiger partial charge in [-0.25, -0.2) is 0 Å². The zero-order valence-corrected chi connectivity index (χ0v) is 18.2. The van der Waals surface area contributed by atoms with E-state index in [1.807, 2.05) is 23.9 Å². The number of hydrogen-bond acceptors (Lipinski definition) is 4. The number of thioether (sulfide) groups is 1. The van der Waals surface area contributed by atoms with Crippen molar-refractivity contribution in [3.05, 3.63) is 58.6 Å². The second-order valence-corrected chi connectivity index (χ2v) is 9.16. The molecule has 0 unspecified atom stereocenters. The maximum Gasteiger partial charge on any atom is 0.267 e. The van der Waals surface area contributed by atoms with Crippen LogP contribution < -0.4 is 10.1 Å². The predicted octanol–water partition coefficient (Wildman–Crippen LogP) is 4.99. The van der Waals surface area contributed by atoms with E-state index < -0.39 is 5.60 Å². The third-order valence-electron chi connectivity index (χ3n) is 4.93. The minimum absolute atomic E-state index is 0.183. The number of carbonyl (C=O) groups excluding carboxylic acids is 1. The highest BCUT2D eigenvalue weighted by atomic mass is 35.5. The summed E-state index contributed by atoms with van der Waals surface area (Å²) in [5, 5.41) is 3.68. The number of amides is 1. The molecule has 28 heavy (non-hydrogen) atoms. The molecule has 0 spiro atoms. The van der Waals surface area contributed by atoms with Gasteiger partial charge in [-0.3, -0.25) is 9.69 Å². The van der Waals surface area contributed by atoms with Gasteiger partial charge in [0.25, 0.3) is 5.91 Å². The second kappa shape index (κ2) is 9.21. The Hall–Kier alpha value is -1.69. The van der Waals surface area contributed by atoms with Crippen molar-refractivity contribution in [3.63, 3.8) is 0 Å². The molecule has 1 aliphatic heterocycles. The zero-order valence-electron chi connectivity index (χ0n) is 16.6. The fourth-order valence-corrected chi connectivity index (χ4v) is 4.21. The number of carbonyl (C=O) groups is 1. The summed E-state index contributed by atoms with van der Waals surface area (Å²) in [7, 11) is 0. The first kappa shape index (κ1) is 21.0. The summed E-state index contributed by atoms with van der Waals surface area (Å²) < 4.78 is 5.90. The molecule has 150 valence electrons. The van der Waals surface area contributed by atoms with E-state index >= 15 is 0 Å². The normalized spacial score (nSPS) is 15.3. The van der Waals surface area contributed by atoms with E-state index in [2.05, 4.69) is 23.2 Å². The van der Waals surface area contributed by atoms with Crippen LogP contribution in [-0.2, 0) is 11.3 Å². The van der Waals surface area contributed by atoms with Crippen molar-refractivity contribution in [2.45, 2.75) is 32.9 Å². The first-order valence-corrected chi connectivity index (χ1v) is 11.0. The van der Waals surface area contributed by atoms with Gasteiger partial charge in [0.2, 0.25) is 0 Å². The zero-order chi connectivity index (χ0) is 20.1. The molecule has 2 aromatic carbocycles. The van der Waals surface area contributed by atoms with E-state index in [9.17, 15) is 4.79 Å². The van der Waals surface area contributed by atoms with Crippen molar-refractivity contribution in [1.82, 2.24) is 4.90 Å². The molecule has 4 nitrogen and oxygen atoms in total. The molecule has 0 radical (unpaired) electrons. The highest BCUT2D eigenvalue weighted by molar-refractivity contribution is 7.99. The Morgan fingerprint density at radius 3 is 2.54 bits per heavy atom. The molecule has 0 bridgehead atoms. The molecule has 0 aromatic heterocycles. The van der Waals surface area contributed by atoms with Gasteiger partial charge in [0.1, 0.15) is 5.75 Å². The van der Waals surface area contributed by atoms with Crippen LogP contribution in [0.5, 0.6) is 5.75 Å². The van der Waals surface area contributed by atoms with Crippen LogP contribution in [0.25, 0.3) is 0 Å². The molecule has 0 aliphatic carbocycles. The van der Waals surface area contributed by atoms with Crippen LogP contribution in [0.1, 0.15) is 25.0 Å². The molecule has 1 fully saturated rings. The lowest BCUT2D eigenvalue weighted by Gasteiger charge is -2.28. The van der Waals surface area contributed by atoms with E-state index in [-0.39, 0.29) is 5.91 Å². The van der Waals surface area contributed by atoms with Gasteiger partial charge in [0.05, 0.1) is 0 Å².